The van der Waals surface area contributed by atoms with E-state index >= 15 is 0 Å². The number of sulfonamides is 1. The van der Waals surface area contributed by atoms with Gasteiger partial charge in [0.25, 0.3) is 5.69 Å². The fourth-order valence-electron chi connectivity index (χ4n) is 1.38. The molecule has 0 aliphatic carbocycles. The van der Waals surface area contributed by atoms with Crippen LogP contribution in [-0.4, -0.2) is 25.9 Å². The van der Waals surface area contributed by atoms with E-state index in [0.717, 1.165) is 0 Å². The van der Waals surface area contributed by atoms with Crippen molar-refractivity contribution in [2.24, 2.45) is 5.73 Å². The first-order valence-corrected chi connectivity index (χ1v) is 6.73. The van der Waals surface area contributed by atoms with Crippen LogP contribution in [-0.2, 0) is 10.0 Å². The largest absolute Gasteiger partial charge is 0.329 e. The van der Waals surface area contributed by atoms with Crippen LogP contribution in [0.5, 0.6) is 0 Å². The SMILES string of the molecule is Cc1cc(S(=O)(=O)N[C@@H](C)CN)ccc1[N+](=O)[O-].Cl. The molecule has 0 amide bonds. The molecule has 0 aliphatic rings. The number of nitro benzene ring substituents is 1. The smallest absolute Gasteiger partial charge is 0.272 e. The number of nitrogens with zero attached hydrogens (tertiary/aromatic N) is 1. The lowest BCUT2D eigenvalue weighted by Gasteiger charge is -2.12. The Hall–Kier alpha value is -1.22. The summed E-state index contributed by atoms with van der Waals surface area (Å²) in [5, 5.41) is 10.6. The fourth-order valence-corrected chi connectivity index (χ4v) is 2.72. The molecule has 0 aliphatic heterocycles. The van der Waals surface area contributed by atoms with Crippen molar-refractivity contribution >= 4 is 28.1 Å². The molecular weight excluding hydrogens is 294 g/mol. The van der Waals surface area contributed by atoms with Gasteiger partial charge in [0.1, 0.15) is 0 Å². The molecule has 0 aromatic heterocycles. The van der Waals surface area contributed by atoms with Crippen LogP contribution in [0.4, 0.5) is 5.69 Å². The maximum atomic E-state index is 11.9. The third-order valence-electron chi connectivity index (χ3n) is 2.39. The van der Waals surface area contributed by atoms with E-state index < -0.39 is 21.0 Å². The zero-order chi connectivity index (χ0) is 13.9. The number of nitrogens with one attached hydrogen (secondary N) is 1. The lowest BCUT2D eigenvalue weighted by atomic mass is 10.2. The Labute approximate surface area is 117 Å². The summed E-state index contributed by atoms with van der Waals surface area (Å²) < 4.78 is 26.2. The van der Waals surface area contributed by atoms with Crippen LogP contribution in [0.15, 0.2) is 23.1 Å². The first kappa shape index (κ1) is 17.8. The van der Waals surface area contributed by atoms with E-state index in [1.807, 2.05) is 0 Å². The van der Waals surface area contributed by atoms with Crippen LogP contribution in [0.1, 0.15) is 12.5 Å². The van der Waals surface area contributed by atoms with Gasteiger partial charge in [0, 0.05) is 24.2 Å². The van der Waals surface area contributed by atoms with Crippen LogP contribution in [0.25, 0.3) is 0 Å². The summed E-state index contributed by atoms with van der Waals surface area (Å²) in [6, 6.07) is 3.25. The molecule has 1 rings (SSSR count). The lowest BCUT2D eigenvalue weighted by molar-refractivity contribution is -0.385. The Morgan fingerprint density at radius 1 is 1.47 bits per heavy atom. The quantitative estimate of drug-likeness (QED) is 0.620. The Bertz CT molecular complexity index is 562. The molecule has 0 bridgehead atoms. The van der Waals surface area contributed by atoms with E-state index in [1.54, 1.807) is 6.92 Å². The third-order valence-corrected chi connectivity index (χ3v) is 3.97. The van der Waals surface area contributed by atoms with Gasteiger partial charge in [-0.15, -0.1) is 12.4 Å². The molecule has 0 fully saturated rings. The number of benzene rings is 1. The number of aryl methyl sites for hydroxylation is 1. The Balaban J connectivity index is 0.00000324. The van der Waals surface area contributed by atoms with E-state index in [-0.39, 0.29) is 29.5 Å². The second-order valence-corrected chi connectivity index (χ2v) is 5.68. The standard InChI is InChI=1S/C10H15N3O4S.ClH/c1-7-5-9(3-4-10(7)13(14)15)18(16,17)12-8(2)6-11;/h3-5,8,12H,6,11H2,1-2H3;1H/t8-;/m0./s1. The summed E-state index contributed by atoms with van der Waals surface area (Å²) >= 11 is 0. The summed E-state index contributed by atoms with van der Waals surface area (Å²) in [4.78, 5) is 10.1. The monoisotopic (exact) mass is 309 g/mol. The maximum absolute atomic E-state index is 11.9. The fraction of sp³-hybridized carbons (Fsp3) is 0.400. The van der Waals surface area contributed by atoms with Crippen molar-refractivity contribution in [3.8, 4) is 0 Å². The topological polar surface area (TPSA) is 115 Å². The normalized spacial score (nSPS) is 12.6. The van der Waals surface area contributed by atoms with E-state index in [9.17, 15) is 18.5 Å². The summed E-state index contributed by atoms with van der Waals surface area (Å²) in [5.74, 6) is 0. The minimum absolute atomic E-state index is 0. The van der Waals surface area contributed by atoms with Crippen LogP contribution in [0.3, 0.4) is 0 Å². The van der Waals surface area contributed by atoms with Gasteiger partial charge >= 0.3 is 0 Å². The molecule has 0 saturated heterocycles. The molecule has 0 spiro atoms. The summed E-state index contributed by atoms with van der Waals surface area (Å²) in [7, 11) is -3.69. The van der Waals surface area contributed by atoms with Gasteiger partial charge in [0.05, 0.1) is 9.82 Å². The van der Waals surface area contributed by atoms with Crippen LogP contribution in [0.2, 0.25) is 0 Å². The van der Waals surface area contributed by atoms with E-state index in [0.29, 0.717) is 5.56 Å². The van der Waals surface area contributed by atoms with Gasteiger partial charge in [0.2, 0.25) is 10.0 Å². The zero-order valence-corrected chi connectivity index (χ0v) is 12.1. The van der Waals surface area contributed by atoms with Gasteiger partial charge in [-0.1, -0.05) is 0 Å². The van der Waals surface area contributed by atoms with Crippen LogP contribution < -0.4 is 10.5 Å². The maximum Gasteiger partial charge on any atom is 0.272 e. The minimum atomic E-state index is -3.69. The first-order valence-electron chi connectivity index (χ1n) is 5.25. The van der Waals surface area contributed by atoms with Crippen molar-refractivity contribution in [3.63, 3.8) is 0 Å². The number of rotatable bonds is 5. The Morgan fingerprint density at radius 3 is 2.47 bits per heavy atom. The number of nitrogens with two attached hydrogens (primary N) is 1. The van der Waals surface area contributed by atoms with Crippen LogP contribution >= 0.6 is 12.4 Å². The summed E-state index contributed by atoms with van der Waals surface area (Å²) in [6.07, 6.45) is 0. The van der Waals surface area contributed by atoms with E-state index in [4.69, 9.17) is 5.73 Å². The second-order valence-electron chi connectivity index (χ2n) is 3.96. The molecule has 19 heavy (non-hydrogen) atoms. The highest BCUT2D eigenvalue weighted by Crippen LogP contribution is 2.21. The van der Waals surface area contributed by atoms with E-state index in [2.05, 4.69) is 4.72 Å². The molecule has 3 N–H and O–H groups in total. The zero-order valence-electron chi connectivity index (χ0n) is 10.5. The van der Waals surface area contributed by atoms with Gasteiger partial charge in [-0.3, -0.25) is 10.1 Å². The predicted octanol–water partition coefficient (Wildman–Crippen LogP) is 0.951. The van der Waals surface area contributed by atoms with Crippen molar-refractivity contribution < 1.29 is 13.3 Å². The van der Waals surface area contributed by atoms with Crippen molar-refractivity contribution in [2.45, 2.75) is 24.8 Å². The Morgan fingerprint density at radius 2 is 2.05 bits per heavy atom. The molecule has 0 saturated carbocycles. The molecule has 7 nitrogen and oxygen atoms in total. The average Bonchev–Trinajstić information content (AvgIpc) is 2.27. The van der Waals surface area contributed by atoms with Crippen LogP contribution in [0, 0.1) is 17.0 Å². The molecule has 0 heterocycles. The van der Waals surface area contributed by atoms with Crippen molar-refractivity contribution in [3.05, 3.63) is 33.9 Å². The van der Waals surface area contributed by atoms with Crippen molar-refractivity contribution in [1.29, 1.82) is 0 Å². The molecule has 108 valence electrons. The van der Waals surface area contributed by atoms with Gasteiger partial charge in [0.15, 0.2) is 0 Å². The highest BCUT2D eigenvalue weighted by Gasteiger charge is 2.19. The molecule has 1 aromatic rings. The molecule has 0 unspecified atom stereocenters. The number of hydrogen-bond acceptors (Lipinski definition) is 5. The number of nitro groups is 1. The molecule has 9 heteroatoms. The van der Waals surface area contributed by atoms with Gasteiger partial charge in [-0.2, -0.15) is 0 Å². The summed E-state index contributed by atoms with van der Waals surface area (Å²) in [6.45, 7) is 3.30. The average molecular weight is 310 g/mol. The highest BCUT2D eigenvalue weighted by atomic mass is 35.5. The van der Waals surface area contributed by atoms with Crippen molar-refractivity contribution in [1.82, 2.24) is 4.72 Å². The van der Waals surface area contributed by atoms with Crippen molar-refractivity contribution in [2.75, 3.05) is 6.54 Å². The lowest BCUT2D eigenvalue weighted by Crippen LogP contribution is -2.37. The molecular formula is C10H16ClN3O4S. The predicted molar refractivity (Wildman–Crippen MR) is 73.9 cm³/mol. The second kappa shape index (κ2) is 6.80. The third kappa shape index (κ3) is 4.43. The van der Waals surface area contributed by atoms with Gasteiger partial charge in [-0.05, 0) is 26.0 Å². The van der Waals surface area contributed by atoms with Gasteiger partial charge in [-0.25, -0.2) is 13.1 Å². The van der Waals surface area contributed by atoms with E-state index in [1.165, 1.54) is 25.1 Å². The molecule has 1 atom stereocenters. The Kier molecular flexibility index (Phi) is 6.37. The highest BCUT2D eigenvalue weighted by molar-refractivity contribution is 7.89. The minimum Gasteiger partial charge on any atom is -0.329 e. The number of hydrogen-bond donors (Lipinski definition) is 2. The van der Waals surface area contributed by atoms with Gasteiger partial charge < -0.3 is 5.73 Å². The summed E-state index contributed by atoms with van der Waals surface area (Å²) in [5.41, 5.74) is 5.52. The number of halogens is 1. The molecule has 0 radical (unpaired) electrons. The first-order chi connectivity index (χ1) is 8.27. The molecule has 1 aromatic carbocycles.